The number of rotatable bonds is 13. The van der Waals surface area contributed by atoms with Crippen molar-refractivity contribution in [2.24, 2.45) is 0 Å². The number of hydrogen-bond acceptors (Lipinski definition) is 6. The molecule has 0 fully saturated rings. The standard InChI is InChI=1S/C8H20O6Si/c1-2-12-5-6-14-8-13-4-3-7-15(9,10)11/h9-11H,2-8H2,1H3/i9T,10T,11T. The Hall–Kier alpha value is -0.0231. The van der Waals surface area contributed by atoms with E-state index in [0.717, 1.165) is 0 Å². The van der Waals surface area contributed by atoms with Gasteiger partial charge < -0.3 is 28.6 Å². The van der Waals surface area contributed by atoms with Crippen LogP contribution in [-0.4, -0.2) is 60.7 Å². The van der Waals surface area contributed by atoms with Gasteiger partial charge in [-0.2, -0.15) is 0 Å². The van der Waals surface area contributed by atoms with Gasteiger partial charge in [0.25, 0.3) is 0 Å². The molecule has 0 rings (SSSR count). The second-order valence-corrected chi connectivity index (χ2v) is 4.78. The molecule has 0 saturated carbocycles. The van der Waals surface area contributed by atoms with Crippen molar-refractivity contribution < 1.29 is 28.6 Å². The molecule has 0 amide bonds. The van der Waals surface area contributed by atoms with Gasteiger partial charge >= 0.3 is 8.80 Å². The molecule has 92 valence electrons. The summed E-state index contributed by atoms with van der Waals surface area (Å²) in [6.45, 7) is 4.05. The lowest BCUT2D eigenvalue weighted by molar-refractivity contribution is -0.0687. The SMILES string of the molecule is [3H]O[Si](CCCOCOCCOCC)(O[3H])O[3H]. The average Bonchev–Trinajstić information content (AvgIpc) is 2.42. The normalized spacial score (nSPS) is 14.6. The summed E-state index contributed by atoms with van der Waals surface area (Å²) in [5.41, 5.74) is 0. The van der Waals surface area contributed by atoms with E-state index in [9.17, 15) is 0 Å². The quantitative estimate of drug-likeness (QED) is 0.227. The van der Waals surface area contributed by atoms with Crippen molar-refractivity contribution in [3.8, 4) is 0 Å². The lowest BCUT2D eigenvalue weighted by atomic mass is 10.5. The highest BCUT2D eigenvalue weighted by Gasteiger charge is 2.25. The summed E-state index contributed by atoms with van der Waals surface area (Å²) < 4.78 is 35.4. The molecule has 3 N–H and O–H groups in total. The van der Waals surface area contributed by atoms with Crippen LogP contribution >= 0.6 is 0 Å². The van der Waals surface area contributed by atoms with Gasteiger partial charge in [-0.3, -0.25) is 0 Å². The van der Waals surface area contributed by atoms with Gasteiger partial charge in [0, 0.05) is 19.3 Å². The Bertz CT molecular complexity index is 178. The lowest BCUT2D eigenvalue weighted by Crippen LogP contribution is -2.34. The van der Waals surface area contributed by atoms with Crippen LogP contribution in [0.5, 0.6) is 0 Å². The molecule has 7 heteroatoms. The molecule has 0 atom stereocenters. The van der Waals surface area contributed by atoms with Gasteiger partial charge in [-0.25, -0.2) is 0 Å². The second kappa shape index (κ2) is 9.22. The minimum absolute atomic E-state index is 0.146. The first-order chi connectivity index (χ1) is 8.74. The van der Waals surface area contributed by atoms with Gasteiger partial charge in [0.2, 0.25) is 0 Å². The second-order valence-electron chi connectivity index (χ2n) is 2.92. The molecule has 15 heavy (non-hydrogen) atoms. The van der Waals surface area contributed by atoms with Crippen molar-refractivity contribution in [2.45, 2.75) is 19.4 Å². The predicted octanol–water partition coefficient (Wildman–Crippen LogP) is -0.680. The van der Waals surface area contributed by atoms with Crippen LogP contribution in [0.1, 0.15) is 13.3 Å². The fraction of sp³-hybridized carbons (Fsp3) is 1.00. The maximum atomic E-state index is 6.71. The van der Waals surface area contributed by atoms with Crippen LogP contribution < -0.4 is 0 Å². The molecule has 0 aromatic carbocycles. The molecule has 0 saturated heterocycles. The van der Waals surface area contributed by atoms with Gasteiger partial charge in [-0.1, -0.05) is 0 Å². The molecule has 0 spiro atoms. The molecule has 0 radical (unpaired) electrons. The van der Waals surface area contributed by atoms with Gasteiger partial charge in [0.05, 0.1) is 13.2 Å². The third-order valence-corrected chi connectivity index (χ3v) is 2.48. The van der Waals surface area contributed by atoms with Crippen LogP contribution in [0.25, 0.3) is 0 Å². The van der Waals surface area contributed by atoms with Crippen molar-refractivity contribution in [2.75, 3.05) is 33.2 Å². The van der Waals surface area contributed by atoms with E-state index in [1.54, 1.807) is 0 Å². The molecule has 0 aromatic heterocycles. The molecule has 0 bridgehead atoms. The van der Waals surface area contributed by atoms with E-state index in [0.29, 0.717) is 32.8 Å². The third-order valence-electron chi connectivity index (χ3n) is 1.51. The van der Waals surface area contributed by atoms with Crippen LogP contribution in [0, 0.1) is 0 Å². The highest BCUT2D eigenvalue weighted by atomic mass is 28.4. The molecule has 0 heterocycles. The Morgan fingerprint density at radius 1 is 1.07 bits per heavy atom. The van der Waals surface area contributed by atoms with Crippen molar-refractivity contribution >= 4 is 8.80 Å². The zero-order valence-corrected chi connectivity index (χ0v) is 9.90. The van der Waals surface area contributed by atoms with Gasteiger partial charge in [-0.05, 0) is 13.3 Å². The minimum atomic E-state index is -3.44. The van der Waals surface area contributed by atoms with Crippen LogP contribution in [0.3, 0.4) is 0 Å². The Balaban J connectivity index is 3.38. The van der Waals surface area contributed by atoms with Gasteiger partial charge in [0.1, 0.15) is 6.79 Å². The average molecular weight is 246 g/mol. The van der Waals surface area contributed by atoms with E-state index in [4.69, 9.17) is 18.5 Å². The summed E-state index contributed by atoms with van der Waals surface area (Å²) in [6.07, 6.45) is 0.456. The highest BCUT2D eigenvalue weighted by Crippen LogP contribution is 2.00. The van der Waals surface area contributed by atoms with Crippen molar-refractivity contribution in [3.05, 3.63) is 0 Å². The summed E-state index contributed by atoms with van der Waals surface area (Å²) in [5.74, 6) is 0. The van der Waals surface area contributed by atoms with Crippen LogP contribution in [-0.2, 0) is 14.2 Å². The number of hydrogen-bond donors (Lipinski definition) is 3. The van der Waals surface area contributed by atoms with Crippen LogP contribution in [0.2, 0.25) is 6.04 Å². The molecule has 0 aromatic rings. The molecule has 0 aliphatic heterocycles. The molecular formula is C8H20O6Si. The monoisotopic (exact) mass is 246 g/mol. The zero-order chi connectivity index (χ0) is 13.7. The fourth-order valence-electron chi connectivity index (χ4n) is 0.830. The summed E-state index contributed by atoms with van der Waals surface area (Å²) >= 11 is 0. The zero-order valence-electron chi connectivity index (χ0n) is 11.9. The van der Waals surface area contributed by atoms with Crippen molar-refractivity contribution in [3.63, 3.8) is 0 Å². The summed E-state index contributed by atoms with van der Waals surface area (Å²) in [4.78, 5) is 12.5. The van der Waals surface area contributed by atoms with Gasteiger partial charge in [-0.15, -0.1) is 0 Å². The Morgan fingerprint density at radius 2 is 1.73 bits per heavy atom. The first-order valence-corrected chi connectivity index (χ1v) is 6.84. The third kappa shape index (κ3) is 14.0. The molecule has 0 unspecified atom stereocenters. The minimum Gasteiger partial charge on any atom is -0.390 e. The molecule has 0 aliphatic rings. The van der Waals surface area contributed by atoms with Crippen molar-refractivity contribution in [1.29, 1.82) is 4.29 Å². The summed E-state index contributed by atoms with van der Waals surface area (Å²) in [7, 11) is -3.44. The maximum absolute atomic E-state index is 6.71. The van der Waals surface area contributed by atoms with E-state index < -0.39 is 8.80 Å². The first-order valence-electron chi connectivity index (χ1n) is 6.13. The largest absolute Gasteiger partial charge is 0.492 e. The molecular weight excluding hydrogens is 220 g/mol. The topological polar surface area (TPSA) is 88.4 Å². The smallest absolute Gasteiger partial charge is 0.390 e. The Kier molecular flexibility index (Phi) is 6.24. The Labute approximate surface area is 95.2 Å². The summed E-state index contributed by atoms with van der Waals surface area (Å²) in [5, 5.41) is 0. The fourth-order valence-corrected chi connectivity index (χ4v) is 1.41. The molecule has 6 nitrogen and oxygen atoms in total. The molecule has 0 aliphatic carbocycles. The number of ether oxygens (including phenoxy) is 3. The van der Waals surface area contributed by atoms with Crippen LogP contribution in [0.4, 0.5) is 0 Å². The van der Waals surface area contributed by atoms with Crippen LogP contribution in [0.15, 0.2) is 0 Å². The van der Waals surface area contributed by atoms with E-state index in [1.165, 1.54) is 0 Å². The van der Waals surface area contributed by atoms with E-state index in [1.807, 2.05) is 6.92 Å². The van der Waals surface area contributed by atoms with Gasteiger partial charge in [0.15, 0.2) is 4.29 Å². The summed E-state index contributed by atoms with van der Waals surface area (Å²) in [6, 6.07) is 0.169. The highest BCUT2D eigenvalue weighted by molar-refractivity contribution is 6.56. The maximum Gasteiger partial charge on any atom is 0.492 e. The van der Waals surface area contributed by atoms with Crippen molar-refractivity contribution in [1.82, 2.24) is 0 Å². The predicted molar refractivity (Wildman–Crippen MR) is 55.1 cm³/mol. The Morgan fingerprint density at radius 3 is 2.40 bits per heavy atom. The van der Waals surface area contributed by atoms with E-state index in [-0.39, 0.29) is 12.8 Å². The van der Waals surface area contributed by atoms with E-state index in [2.05, 4.69) is 14.4 Å². The first kappa shape index (κ1) is 10.2. The lowest BCUT2D eigenvalue weighted by Gasteiger charge is -2.09. The van der Waals surface area contributed by atoms with E-state index >= 15 is 0 Å².